The number of amides is 1. The van der Waals surface area contributed by atoms with Gasteiger partial charge in [-0.15, -0.1) is 0 Å². The molecule has 118 valence electrons. The van der Waals surface area contributed by atoms with Gasteiger partial charge in [-0.25, -0.2) is 4.79 Å². The Bertz CT molecular complexity index is 521. The fourth-order valence-corrected chi connectivity index (χ4v) is 2.64. The molecule has 0 saturated carbocycles. The molecule has 1 heterocycles. The van der Waals surface area contributed by atoms with Crippen molar-refractivity contribution in [3.05, 3.63) is 11.3 Å². The average Bonchev–Trinajstić information content (AvgIpc) is 2.68. The molecule has 0 saturated heterocycles. The number of hydrogen-bond donors (Lipinski definition) is 1. The molecule has 5 heteroatoms. The van der Waals surface area contributed by atoms with Gasteiger partial charge in [0.05, 0.1) is 0 Å². The van der Waals surface area contributed by atoms with Gasteiger partial charge >= 0.3 is 6.09 Å². The van der Waals surface area contributed by atoms with Gasteiger partial charge in [0.25, 0.3) is 0 Å². The Hall–Kier alpha value is -1.52. The van der Waals surface area contributed by atoms with Gasteiger partial charge in [-0.3, -0.25) is 5.32 Å². The predicted octanol–water partition coefficient (Wildman–Crippen LogP) is 4.17. The van der Waals surface area contributed by atoms with Crippen molar-refractivity contribution in [3.63, 3.8) is 0 Å². The van der Waals surface area contributed by atoms with E-state index in [0.29, 0.717) is 11.7 Å². The number of ether oxygens (including phenoxy) is 1. The van der Waals surface area contributed by atoms with Crippen molar-refractivity contribution in [2.24, 2.45) is 11.3 Å². The molecule has 1 N–H and O–H groups in total. The van der Waals surface area contributed by atoms with Crippen molar-refractivity contribution >= 4 is 11.9 Å². The first-order valence-electron chi connectivity index (χ1n) is 7.53. The molecule has 5 nitrogen and oxygen atoms in total. The van der Waals surface area contributed by atoms with Crippen molar-refractivity contribution in [1.82, 2.24) is 5.16 Å². The van der Waals surface area contributed by atoms with Gasteiger partial charge in [0.1, 0.15) is 11.4 Å². The second-order valence-electron chi connectivity index (χ2n) is 7.87. The van der Waals surface area contributed by atoms with Crippen LogP contribution < -0.4 is 5.32 Å². The maximum Gasteiger partial charge on any atom is 0.413 e. The normalized spacial score (nSPS) is 19.0. The van der Waals surface area contributed by atoms with Crippen LogP contribution in [0.1, 0.15) is 59.3 Å². The topological polar surface area (TPSA) is 64.4 Å². The molecule has 1 aliphatic carbocycles. The molecule has 1 amide bonds. The first-order chi connectivity index (χ1) is 9.56. The second-order valence-corrected chi connectivity index (χ2v) is 7.87. The van der Waals surface area contributed by atoms with Crippen LogP contribution in [0.3, 0.4) is 0 Å². The predicted molar refractivity (Wildman–Crippen MR) is 81.3 cm³/mol. The molecule has 1 aromatic heterocycles. The largest absolute Gasteiger partial charge is 0.444 e. The van der Waals surface area contributed by atoms with Crippen molar-refractivity contribution < 1.29 is 14.1 Å². The number of carbonyl (C=O) groups excluding carboxylic acids is 1. The standard InChI is InChI=1S/C16H26N2O3/c1-15(2,3)10-7-8-12-11(9-10)13(18-21-12)17-14(19)20-16(4,5)6/h10H,7-9H2,1-6H3,(H,17,18,19). The maximum absolute atomic E-state index is 11.9. The highest BCUT2D eigenvalue weighted by atomic mass is 16.6. The molecule has 0 spiro atoms. The fourth-order valence-electron chi connectivity index (χ4n) is 2.64. The summed E-state index contributed by atoms with van der Waals surface area (Å²) >= 11 is 0. The number of aromatic nitrogens is 1. The number of aryl methyl sites for hydroxylation is 1. The maximum atomic E-state index is 11.9. The van der Waals surface area contributed by atoms with Crippen molar-refractivity contribution in [2.75, 3.05) is 5.32 Å². The van der Waals surface area contributed by atoms with Crippen molar-refractivity contribution in [2.45, 2.75) is 66.4 Å². The molecule has 1 aliphatic rings. The van der Waals surface area contributed by atoms with E-state index < -0.39 is 11.7 Å². The van der Waals surface area contributed by atoms with E-state index in [1.54, 1.807) is 0 Å². The molecule has 21 heavy (non-hydrogen) atoms. The van der Waals surface area contributed by atoms with E-state index in [-0.39, 0.29) is 5.41 Å². The van der Waals surface area contributed by atoms with Crippen LogP contribution in [0.15, 0.2) is 4.52 Å². The molecule has 1 atom stereocenters. The Morgan fingerprint density at radius 3 is 2.52 bits per heavy atom. The van der Waals surface area contributed by atoms with Gasteiger partial charge < -0.3 is 9.26 Å². The minimum Gasteiger partial charge on any atom is -0.444 e. The third-order valence-corrected chi connectivity index (χ3v) is 3.88. The number of rotatable bonds is 1. The van der Waals surface area contributed by atoms with E-state index >= 15 is 0 Å². The summed E-state index contributed by atoms with van der Waals surface area (Å²) in [6.07, 6.45) is 2.36. The fraction of sp³-hybridized carbons (Fsp3) is 0.750. The first kappa shape index (κ1) is 15.9. The quantitative estimate of drug-likeness (QED) is 0.844. The first-order valence-corrected chi connectivity index (χ1v) is 7.53. The highest BCUT2D eigenvalue weighted by Gasteiger charge is 2.33. The van der Waals surface area contributed by atoms with E-state index in [2.05, 4.69) is 31.2 Å². The Balaban J connectivity index is 2.11. The molecule has 1 aromatic rings. The number of fused-ring (bicyclic) bond motifs is 1. The summed E-state index contributed by atoms with van der Waals surface area (Å²) in [4.78, 5) is 11.9. The Labute approximate surface area is 126 Å². The number of hydrogen-bond acceptors (Lipinski definition) is 4. The number of carbonyl (C=O) groups is 1. The van der Waals surface area contributed by atoms with Gasteiger partial charge in [0.2, 0.25) is 0 Å². The molecular formula is C16H26N2O3. The van der Waals surface area contributed by atoms with Gasteiger partial charge in [-0.05, 0) is 44.9 Å². The Morgan fingerprint density at radius 1 is 1.29 bits per heavy atom. The van der Waals surface area contributed by atoms with Crippen LogP contribution in [0.4, 0.5) is 10.6 Å². The van der Waals surface area contributed by atoms with Crippen LogP contribution >= 0.6 is 0 Å². The summed E-state index contributed by atoms with van der Waals surface area (Å²) < 4.78 is 10.6. The van der Waals surface area contributed by atoms with Crippen LogP contribution in [0.5, 0.6) is 0 Å². The lowest BCUT2D eigenvalue weighted by Crippen LogP contribution is -2.29. The minimum absolute atomic E-state index is 0.234. The van der Waals surface area contributed by atoms with E-state index in [4.69, 9.17) is 9.26 Å². The van der Waals surface area contributed by atoms with Crippen LogP contribution in [0.25, 0.3) is 0 Å². The smallest absolute Gasteiger partial charge is 0.413 e. The zero-order valence-electron chi connectivity index (χ0n) is 13.9. The van der Waals surface area contributed by atoms with Crippen molar-refractivity contribution in [1.29, 1.82) is 0 Å². The summed E-state index contributed by atoms with van der Waals surface area (Å²) in [5.74, 6) is 1.96. The number of nitrogens with zero attached hydrogens (tertiary/aromatic N) is 1. The summed E-state index contributed by atoms with van der Waals surface area (Å²) in [5.41, 5.74) is 0.729. The molecule has 0 aromatic carbocycles. The van der Waals surface area contributed by atoms with E-state index in [1.165, 1.54) is 0 Å². The molecular weight excluding hydrogens is 268 g/mol. The molecule has 1 unspecified atom stereocenters. The van der Waals surface area contributed by atoms with Crippen LogP contribution in [0.2, 0.25) is 0 Å². The summed E-state index contributed by atoms with van der Waals surface area (Å²) in [6.45, 7) is 12.2. The SMILES string of the molecule is CC(C)(C)OC(=O)Nc1noc2c1CC(C(C)(C)C)CC2. The number of nitrogens with one attached hydrogen (secondary N) is 1. The Morgan fingerprint density at radius 2 is 1.95 bits per heavy atom. The van der Waals surface area contributed by atoms with Gasteiger partial charge in [-0.1, -0.05) is 25.9 Å². The number of anilines is 1. The zero-order valence-corrected chi connectivity index (χ0v) is 13.9. The summed E-state index contributed by atoms with van der Waals surface area (Å²) in [6, 6.07) is 0. The van der Waals surface area contributed by atoms with Gasteiger partial charge in [0.15, 0.2) is 5.82 Å². The third kappa shape index (κ3) is 3.99. The molecule has 0 radical (unpaired) electrons. The van der Waals surface area contributed by atoms with E-state index in [0.717, 1.165) is 30.6 Å². The average molecular weight is 294 g/mol. The highest BCUT2D eigenvalue weighted by molar-refractivity contribution is 5.84. The summed E-state index contributed by atoms with van der Waals surface area (Å²) in [5, 5.41) is 6.71. The molecule has 0 aliphatic heterocycles. The van der Waals surface area contributed by atoms with Crippen LogP contribution in [-0.2, 0) is 17.6 Å². The zero-order chi connectivity index (χ0) is 15.8. The van der Waals surface area contributed by atoms with Crippen molar-refractivity contribution in [3.8, 4) is 0 Å². The lowest BCUT2D eigenvalue weighted by Gasteiger charge is -2.33. The van der Waals surface area contributed by atoms with E-state index in [1.807, 2.05) is 20.8 Å². The molecule has 0 bridgehead atoms. The second kappa shape index (κ2) is 5.35. The monoisotopic (exact) mass is 294 g/mol. The third-order valence-electron chi connectivity index (χ3n) is 3.88. The lowest BCUT2D eigenvalue weighted by molar-refractivity contribution is 0.0634. The van der Waals surface area contributed by atoms with Gasteiger partial charge in [0, 0.05) is 12.0 Å². The van der Waals surface area contributed by atoms with Crippen LogP contribution in [0, 0.1) is 11.3 Å². The lowest BCUT2D eigenvalue weighted by atomic mass is 9.72. The van der Waals surface area contributed by atoms with Crippen LogP contribution in [-0.4, -0.2) is 16.9 Å². The summed E-state index contributed by atoms with van der Waals surface area (Å²) in [7, 11) is 0. The Kier molecular flexibility index (Phi) is 4.04. The van der Waals surface area contributed by atoms with E-state index in [9.17, 15) is 4.79 Å². The molecule has 0 fully saturated rings. The highest BCUT2D eigenvalue weighted by Crippen LogP contribution is 2.39. The molecule has 2 rings (SSSR count). The van der Waals surface area contributed by atoms with Gasteiger partial charge in [-0.2, -0.15) is 0 Å². The minimum atomic E-state index is -0.526.